The largest absolute Gasteiger partial charge is 0.488 e. The minimum atomic E-state index is -0.284. The highest BCUT2D eigenvalue weighted by Gasteiger charge is 2.23. The van der Waals surface area contributed by atoms with E-state index >= 15 is 0 Å². The van der Waals surface area contributed by atoms with Crippen LogP contribution in [0.5, 0.6) is 5.75 Å². The molecule has 1 aliphatic rings. The molecule has 0 fully saturated rings. The Hall–Kier alpha value is -3.15. The predicted octanol–water partition coefficient (Wildman–Crippen LogP) is 2.47. The van der Waals surface area contributed by atoms with E-state index in [0.29, 0.717) is 12.3 Å². The van der Waals surface area contributed by atoms with E-state index in [0.717, 1.165) is 23.3 Å². The highest BCUT2D eigenvalue weighted by Crippen LogP contribution is 2.27. The molecule has 2 aromatic heterocycles. The van der Waals surface area contributed by atoms with Crippen LogP contribution in [0.25, 0.3) is 11.3 Å². The Balaban J connectivity index is 1.37. The molecule has 0 aliphatic carbocycles. The Bertz CT molecular complexity index is 836. The summed E-state index contributed by atoms with van der Waals surface area (Å²) < 4.78 is 11.0. The number of aromatic nitrogens is 2. The number of fused-ring (bicyclic) bond motifs is 1. The van der Waals surface area contributed by atoms with Crippen molar-refractivity contribution in [2.45, 2.75) is 12.5 Å². The van der Waals surface area contributed by atoms with E-state index in [9.17, 15) is 4.79 Å². The number of amides is 1. The van der Waals surface area contributed by atoms with Crippen molar-refractivity contribution in [3.8, 4) is 17.1 Å². The Morgan fingerprint density at radius 1 is 1.25 bits per heavy atom. The summed E-state index contributed by atoms with van der Waals surface area (Å²) in [5, 5.41) is 6.66. The monoisotopic (exact) mass is 321 g/mol. The molecule has 3 aromatic rings. The summed E-state index contributed by atoms with van der Waals surface area (Å²) in [7, 11) is 0. The lowest BCUT2D eigenvalue weighted by atomic mass is 10.1. The number of para-hydroxylation sites is 1. The molecule has 24 heavy (non-hydrogen) atoms. The van der Waals surface area contributed by atoms with Crippen LogP contribution in [0.2, 0.25) is 0 Å². The van der Waals surface area contributed by atoms with Crippen LogP contribution in [0.4, 0.5) is 0 Å². The van der Waals surface area contributed by atoms with Gasteiger partial charge in [0.15, 0.2) is 11.5 Å². The highest BCUT2D eigenvalue weighted by molar-refractivity contribution is 5.93. The number of nitrogens with zero attached hydrogens (tertiary/aromatic N) is 2. The van der Waals surface area contributed by atoms with Gasteiger partial charge in [-0.05, 0) is 23.8 Å². The number of pyridine rings is 1. The number of nitrogens with one attached hydrogen (secondary N) is 1. The Morgan fingerprint density at radius 2 is 2.17 bits per heavy atom. The summed E-state index contributed by atoms with van der Waals surface area (Å²) in [5.41, 5.74) is 2.18. The highest BCUT2D eigenvalue weighted by atomic mass is 16.5. The number of carbonyl (C=O) groups excluding carboxylic acids is 1. The zero-order chi connectivity index (χ0) is 16.4. The fraction of sp³-hybridized carbons (Fsp3) is 0.167. The van der Waals surface area contributed by atoms with Crippen LogP contribution < -0.4 is 10.1 Å². The van der Waals surface area contributed by atoms with Gasteiger partial charge in [-0.15, -0.1) is 0 Å². The molecule has 1 aromatic carbocycles. The molecular formula is C18H15N3O3. The van der Waals surface area contributed by atoms with Crippen LogP contribution in [0.1, 0.15) is 16.1 Å². The molecule has 0 saturated heterocycles. The normalized spacial score (nSPS) is 15.6. The topological polar surface area (TPSA) is 77.2 Å². The van der Waals surface area contributed by atoms with E-state index in [1.807, 2.05) is 30.3 Å². The Labute approximate surface area is 138 Å². The molecule has 0 saturated carbocycles. The lowest BCUT2D eigenvalue weighted by Crippen LogP contribution is -2.34. The SMILES string of the molecule is O=C(NCC1Cc2ccccc2O1)c1cc(-c2cccnc2)on1. The van der Waals surface area contributed by atoms with Gasteiger partial charge in [0.05, 0.1) is 6.54 Å². The van der Waals surface area contributed by atoms with Gasteiger partial charge in [-0.1, -0.05) is 23.4 Å². The summed E-state index contributed by atoms with van der Waals surface area (Å²) in [6.07, 6.45) is 4.06. The average molecular weight is 321 g/mol. The zero-order valence-electron chi connectivity index (χ0n) is 12.8. The summed E-state index contributed by atoms with van der Waals surface area (Å²) in [4.78, 5) is 16.2. The number of rotatable bonds is 4. The van der Waals surface area contributed by atoms with Crippen LogP contribution in [-0.4, -0.2) is 28.7 Å². The third-order valence-corrected chi connectivity index (χ3v) is 3.89. The summed E-state index contributed by atoms with van der Waals surface area (Å²) in [5.74, 6) is 1.11. The van der Waals surface area contributed by atoms with Crippen LogP contribution >= 0.6 is 0 Å². The van der Waals surface area contributed by atoms with Gasteiger partial charge < -0.3 is 14.6 Å². The maximum atomic E-state index is 12.2. The summed E-state index contributed by atoms with van der Waals surface area (Å²) in [6, 6.07) is 13.2. The maximum Gasteiger partial charge on any atom is 0.273 e. The van der Waals surface area contributed by atoms with Gasteiger partial charge in [-0.3, -0.25) is 9.78 Å². The molecule has 1 amide bonds. The first-order valence-corrected chi connectivity index (χ1v) is 7.69. The molecule has 3 heterocycles. The van der Waals surface area contributed by atoms with E-state index in [1.165, 1.54) is 0 Å². The number of hydrogen-bond donors (Lipinski definition) is 1. The minimum absolute atomic E-state index is 0.0592. The molecule has 1 atom stereocenters. The van der Waals surface area contributed by atoms with Crippen LogP contribution in [0.3, 0.4) is 0 Å². The van der Waals surface area contributed by atoms with Gasteiger partial charge in [-0.25, -0.2) is 0 Å². The molecule has 6 nitrogen and oxygen atoms in total. The fourth-order valence-corrected chi connectivity index (χ4v) is 2.69. The standard InChI is InChI=1S/C18H15N3O3/c22-18(15-9-17(24-21-15)13-5-3-7-19-10-13)20-11-14-8-12-4-1-2-6-16(12)23-14/h1-7,9-10,14H,8,11H2,(H,20,22). The average Bonchev–Trinajstić information content (AvgIpc) is 3.27. The second-order valence-corrected chi connectivity index (χ2v) is 5.58. The van der Waals surface area contributed by atoms with Crippen LogP contribution in [0, 0.1) is 0 Å². The van der Waals surface area contributed by atoms with Gasteiger partial charge >= 0.3 is 0 Å². The molecule has 1 unspecified atom stereocenters. The molecule has 1 aliphatic heterocycles. The number of hydrogen-bond acceptors (Lipinski definition) is 5. The fourth-order valence-electron chi connectivity index (χ4n) is 2.69. The van der Waals surface area contributed by atoms with Crippen molar-refractivity contribution >= 4 is 5.91 Å². The molecule has 1 N–H and O–H groups in total. The van der Waals surface area contributed by atoms with E-state index in [4.69, 9.17) is 9.26 Å². The first kappa shape index (κ1) is 14.4. The minimum Gasteiger partial charge on any atom is -0.488 e. The number of carbonyl (C=O) groups is 1. The van der Waals surface area contributed by atoms with Gasteiger partial charge in [0, 0.05) is 30.4 Å². The van der Waals surface area contributed by atoms with Crippen LogP contribution in [0.15, 0.2) is 59.4 Å². The lowest BCUT2D eigenvalue weighted by molar-refractivity contribution is 0.0924. The van der Waals surface area contributed by atoms with Crippen molar-refractivity contribution in [1.29, 1.82) is 0 Å². The molecule has 4 rings (SSSR count). The van der Waals surface area contributed by atoms with Crippen molar-refractivity contribution < 1.29 is 14.1 Å². The third-order valence-electron chi connectivity index (χ3n) is 3.89. The van der Waals surface area contributed by atoms with Gasteiger partial charge in [0.25, 0.3) is 5.91 Å². The van der Waals surface area contributed by atoms with Crippen molar-refractivity contribution in [3.63, 3.8) is 0 Å². The maximum absolute atomic E-state index is 12.2. The quantitative estimate of drug-likeness (QED) is 0.799. The lowest BCUT2D eigenvalue weighted by Gasteiger charge is -2.10. The molecule has 6 heteroatoms. The number of ether oxygens (including phenoxy) is 1. The molecule has 0 radical (unpaired) electrons. The first-order chi connectivity index (χ1) is 11.8. The van der Waals surface area contributed by atoms with Crippen molar-refractivity contribution in [2.75, 3.05) is 6.54 Å². The van der Waals surface area contributed by atoms with E-state index < -0.39 is 0 Å². The van der Waals surface area contributed by atoms with Crippen molar-refractivity contribution in [1.82, 2.24) is 15.5 Å². The van der Waals surface area contributed by atoms with E-state index in [-0.39, 0.29) is 17.7 Å². The zero-order valence-corrected chi connectivity index (χ0v) is 12.8. The molecular weight excluding hydrogens is 306 g/mol. The summed E-state index contributed by atoms with van der Waals surface area (Å²) in [6.45, 7) is 0.419. The smallest absolute Gasteiger partial charge is 0.273 e. The van der Waals surface area contributed by atoms with E-state index in [2.05, 4.69) is 15.5 Å². The Kier molecular flexibility index (Phi) is 3.70. The van der Waals surface area contributed by atoms with Crippen LogP contribution in [-0.2, 0) is 6.42 Å². The predicted molar refractivity (Wildman–Crippen MR) is 86.6 cm³/mol. The van der Waals surface area contributed by atoms with Gasteiger partial charge in [-0.2, -0.15) is 0 Å². The van der Waals surface area contributed by atoms with Gasteiger partial charge in [0.2, 0.25) is 0 Å². The van der Waals surface area contributed by atoms with Crippen molar-refractivity contribution in [3.05, 3.63) is 66.1 Å². The Morgan fingerprint density at radius 3 is 3.00 bits per heavy atom. The first-order valence-electron chi connectivity index (χ1n) is 7.69. The summed E-state index contributed by atoms with van der Waals surface area (Å²) >= 11 is 0. The van der Waals surface area contributed by atoms with Crippen molar-refractivity contribution in [2.24, 2.45) is 0 Å². The molecule has 120 valence electrons. The molecule has 0 spiro atoms. The van der Waals surface area contributed by atoms with E-state index in [1.54, 1.807) is 24.5 Å². The molecule has 0 bridgehead atoms. The second kappa shape index (κ2) is 6.16. The third kappa shape index (κ3) is 2.86. The second-order valence-electron chi connectivity index (χ2n) is 5.58. The van der Waals surface area contributed by atoms with Gasteiger partial charge in [0.1, 0.15) is 11.9 Å². The number of benzene rings is 1.